The number of benzene rings is 1. The van der Waals surface area contributed by atoms with Crippen LogP contribution in [0.3, 0.4) is 0 Å². The molecule has 0 aliphatic heterocycles. The Balaban J connectivity index is 1.74. The fraction of sp³-hybridized carbons (Fsp3) is 0.562. The normalized spacial score (nSPS) is 24.8. The van der Waals surface area contributed by atoms with Crippen LogP contribution in [0.25, 0.3) is 0 Å². The van der Waals surface area contributed by atoms with Gasteiger partial charge in [0.2, 0.25) is 5.91 Å². The lowest BCUT2D eigenvalue weighted by atomic mass is 10.1. The highest BCUT2D eigenvalue weighted by Gasteiger charge is 2.32. The number of methoxy groups -OCH3 is 1. The van der Waals surface area contributed by atoms with Crippen LogP contribution in [-0.4, -0.2) is 42.0 Å². The van der Waals surface area contributed by atoms with Crippen molar-refractivity contribution in [3.05, 3.63) is 29.8 Å². The summed E-state index contributed by atoms with van der Waals surface area (Å²) < 4.78 is 5.09. The van der Waals surface area contributed by atoms with Gasteiger partial charge in [0, 0.05) is 25.0 Å². The molecule has 1 aromatic carbocycles. The maximum atomic E-state index is 11.9. The monoisotopic (exact) mass is 293 g/mol. The largest absolute Gasteiger partial charge is 0.497 e. The number of hydrogen-bond donors (Lipinski definition) is 3. The third kappa shape index (κ3) is 4.44. The highest BCUT2D eigenvalue weighted by Crippen LogP contribution is 2.25. The van der Waals surface area contributed by atoms with E-state index in [0.717, 1.165) is 11.3 Å². The van der Waals surface area contributed by atoms with E-state index in [2.05, 4.69) is 5.32 Å². The summed E-state index contributed by atoms with van der Waals surface area (Å²) in [5.41, 5.74) is 1.09. The number of aliphatic hydroxyl groups excluding tert-OH is 2. The van der Waals surface area contributed by atoms with Gasteiger partial charge in [0.25, 0.3) is 0 Å². The highest BCUT2D eigenvalue weighted by molar-refractivity contribution is 5.76. The summed E-state index contributed by atoms with van der Waals surface area (Å²) in [4.78, 5) is 11.9. The van der Waals surface area contributed by atoms with E-state index < -0.39 is 6.10 Å². The second kappa shape index (κ2) is 7.43. The van der Waals surface area contributed by atoms with Crippen LogP contribution >= 0.6 is 0 Å². The molecule has 3 unspecified atom stereocenters. The van der Waals surface area contributed by atoms with Crippen LogP contribution in [0, 0.1) is 5.92 Å². The van der Waals surface area contributed by atoms with Gasteiger partial charge in [-0.2, -0.15) is 0 Å². The van der Waals surface area contributed by atoms with E-state index in [0.29, 0.717) is 25.7 Å². The van der Waals surface area contributed by atoms with Crippen LogP contribution < -0.4 is 10.1 Å². The first-order valence-electron chi connectivity index (χ1n) is 7.33. The predicted octanol–water partition coefficient (Wildman–Crippen LogP) is 0.876. The summed E-state index contributed by atoms with van der Waals surface area (Å²) in [5, 5.41) is 21.7. The highest BCUT2D eigenvalue weighted by atomic mass is 16.5. The van der Waals surface area contributed by atoms with Gasteiger partial charge in [-0.05, 0) is 37.0 Å². The third-order valence-electron chi connectivity index (χ3n) is 4.06. The average Bonchev–Trinajstić information content (AvgIpc) is 2.85. The molecule has 1 aliphatic rings. The van der Waals surface area contributed by atoms with E-state index in [-0.39, 0.29) is 24.5 Å². The van der Waals surface area contributed by atoms with Gasteiger partial charge in [-0.3, -0.25) is 4.79 Å². The Kier molecular flexibility index (Phi) is 5.59. The number of amides is 1. The molecule has 1 amide bonds. The molecule has 0 aromatic heterocycles. The van der Waals surface area contributed by atoms with Gasteiger partial charge in [-0.15, -0.1) is 0 Å². The number of nitrogens with one attached hydrogen (secondary N) is 1. The summed E-state index contributed by atoms with van der Waals surface area (Å²) in [6.07, 6.45) is 1.75. The lowest BCUT2D eigenvalue weighted by Gasteiger charge is -2.12. The molecule has 5 nitrogen and oxygen atoms in total. The van der Waals surface area contributed by atoms with Crippen molar-refractivity contribution in [2.45, 2.75) is 37.8 Å². The minimum atomic E-state index is -0.512. The Bertz CT molecular complexity index is 460. The van der Waals surface area contributed by atoms with Gasteiger partial charge >= 0.3 is 0 Å². The van der Waals surface area contributed by atoms with Gasteiger partial charge in [-0.25, -0.2) is 0 Å². The molecule has 21 heavy (non-hydrogen) atoms. The van der Waals surface area contributed by atoms with Crippen molar-refractivity contribution < 1.29 is 19.7 Å². The van der Waals surface area contributed by atoms with E-state index in [1.165, 1.54) is 0 Å². The molecular formula is C16H23NO4. The Morgan fingerprint density at radius 3 is 2.62 bits per heavy atom. The maximum Gasteiger partial charge on any atom is 0.220 e. The smallest absolute Gasteiger partial charge is 0.220 e. The Morgan fingerprint density at radius 1 is 1.33 bits per heavy atom. The van der Waals surface area contributed by atoms with Crippen LogP contribution in [0.15, 0.2) is 24.3 Å². The van der Waals surface area contributed by atoms with Crippen molar-refractivity contribution in [1.29, 1.82) is 0 Å². The Labute approximate surface area is 124 Å². The summed E-state index contributed by atoms with van der Waals surface area (Å²) >= 11 is 0. The van der Waals surface area contributed by atoms with Crippen LogP contribution in [-0.2, 0) is 11.2 Å². The van der Waals surface area contributed by atoms with Crippen molar-refractivity contribution in [2.75, 3.05) is 13.7 Å². The number of carbonyl (C=O) groups is 1. The second-order valence-corrected chi connectivity index (χ2v) is 5.59. The van der Waals surface area contributed by atoms with Crippen molar-refractivity contribution in [3.63, 3.8) is 0 Å². The first-order valence-corrected chi connectivity index (χ1v) is 7.33. The number of rotatable bonds is 6. The average molecular weight is 293 g/mol. The number of aryl methyl sites for hydroxylation is 1. The number of carbonyl (C=O) groups excluding carboxylic acids is 1. The van der Waals surface area contributed by atoms with E-state index in [1.54, 1.807) is 7.11 Å². The zero-order valence-corrected chi connectivity index (χ0v) is 12.3. The molecule has 1 aromatic rings. The van der Waals surface area contributed by atoms with E-state index in [9.17, 15) is 9.90 Å². The van der Waals surface area contributed by atoms with Crippen LogP contribution in [0.5, 0.6) is 5.75 Å². The first-order chi connectivity index (χ1) is 10.1. The van der Waals surface area contributed by atoms with Crippen molar-refractivity contribution in [3.8, 4) is 5.75 Å². The van der Waals surface area contributed by atoms with Crippen molar-refractivity contribution in [1.82, 2.24) is 5.32 Å². The lowest BCUT2D eigenvalue weighted by molar-refractivity contribution is -0.121. The molecule has 1 saturated carbocycles. The molecule has 1 aliphatic carbocycles. The van der Waals surface area contributed by atoms with E-state index in [1.807, 2.05) is 24.3 Å². The number of aliphatic hydroxyl groups is 2. The summed E-state index contributed by atoms with van der Waals surface area (Å²) in [5.74, 6) is 0.677. The minimum Gasteiger partial charge on any atom is -0.497 e. The molecule has 0 radical (unpaired) electrons. The Morgan fingerprint density at radius 2 is 2.05 bits per heavy atom. The maximum absolute atomic E-state index is 11.9. The number of ether oxygens (including phenoxy) is 1. The molecule has 3 N–H and O–H groups in total. The molecule has 0 saturated heterocycles. The van der Waals surface area contributed by atoms with Crippen LogP contribution in [0.1, 0.15) is 24.8 Å². The molecule has 0 heterocycles. The molecule has 1 fully saturated rings. The van der Waals surface area contributed by atoms with Crippen molar-refractivity contribution in [2.24, 2.45) is 5.92 Å². The molecule has 0 bridgehead atoms. The summed E-state index contributed by atoms with van der Waals surface area (Å²) in [6, 6.07) is 7.64. The van der Waals surface area contributed by atoms with Gasteiger partial charge < -0.3 is 20.3 Å². The zero-order chi connectivity index (χ0) is 15.2. The van der Waals surface area contributed by atoms with Gasteiger partial charge in [0.1, 0.15) is 5.75 Å². The quantitative estimate of drug-likeness (QED) is 0.727. The molecule has 0 spiro atoms. The molecule has 3 atom stereocenters. The summed E-state index contributed by atoms with van der Waals surface area (Å²) in [7, 11) is 1.62. The Hall–Kier alpha value is -1.59. The number of hydrogen-bond acceptors (Lipinski definition) is 4. The second-order valence-electron chi connectivity index (χ2n) is 5.59. The molecular weight excluding hydrogens is 270 g/mol. The fourth-order valence-electron chi connectivity index (χ4n) is 2.77. The predicted molar refractivity (Wildman–Crippen MR) is 79.1 cm³/mol. The van der Waals surface area contributed by atoms with Gasteiger partial charge in [-0.1, -0.05) is 12.1 Å². The molecule has 116 valence electrons. The summed E-state index contributed by atoms with van der Waals surface area (Å²) in [6.45, 7) is -0.0284. The fourth-order valence-corrected chi connectivity index (χ4v) is 2.77. The van der Waals surface area contributed by atoms with E-state index in [4.69, 9.17) is 9.84 Å². The first kappa shape index (κ1) is 15.8. The standard InChI is InChI=1S/C16H23NO4/c1-21-14-5-2-11(3-6-14)4-7-16(20)17-13-8-12(10-18)15(19)9-13/h2-3,5-6,12-13,15,18-19H,4,7-10H2,1H3,(H,17,20). The lowest BCUT2D eigenvalue weighted by Crippen LogP contribution is -2.33. The van der Waals surface area contributed by atoms with Crippen molar-refractivity contribution >= 4 is 5.91 Å². The topological polar surface area (TPSA) is 78.8 Å². The molecule has 2 rings (SSSR count). The van der Waals surface area contributed by atoms with Crippen LogP contribution in [0.4, 0.5) is 0 Å². The SMILES string of the molecule is COc1ccc(CCC(=O)NC2CC(O)C(CO)C2)cc1. The minimum absolute atomic E-state index is 0.0124. The van der Waals surface area contributed by atoms with Crippen LogP contribution in [0.2, 0.25) is 0 Å². The van der Waals surface area contributed by atoms with Gasteiger partial charge in [0.15, 0.2) is 0 Å². The molecule has 5 heteroatoms. The van der Waals surface area contributed by atoms with Gasteiger partial charge in [0.05, 0.1) is 13.2 Å². The third-order valence-corrected chi connectivity index (χ3v) is 4.06. The van der Waals surface area contributed by atoms with E-state index >= 15 is 0 Å². The zero-order valence-electron chi connectivity index (χ0n) is 12.3.